The highest BCUT2D eigenvalue weighted by molar-refractivity contribution is 6.05. The van der Waals surface area contributed by atoms with Gasteiger partial charge in [0.05, 0.1) is 0 Å². The van der Waals surface area contributed by atoms with Crippen molar-refractivity contribution in [2.75, 3.05) is 10.6 Å². The number of benzene rings is 1. The summed E-state index contributed by atoms with van der Waals surface area (Å²) in [7, 11) is 0. The number of carbonyl (C=O) groups is 2. The van der Waals surface area contributed by atoms with Gasteiger partial charge < -0.3 is 10.6 Å². The quantitative estimate of drug-likeness (QED) is 0.759. The number of carbonyl (C=O) groups excluding carboxylic acids is 2. The van der Waals surface area contributed by atoms with Crippen LogP contribution in [-0.2, 0) is 4.79 Å². The monoisotopic (exact) mass is 350 g/mol. The molecule has 1 aromatic carbocycles. The summed E-state index contributed by atoms with van der Waals surface area (Å²) in [5.74, 6) is -0.759. The second-order valence-electron chi connectivity index (χ2n) is 6.03. The van der Waals surface area contributed by atoms with Crippen LogP contribution in [0, 0.1) is 13.8 Å². The van der Waals surface area contributed by atoms with Gasteiger partial charge >= 0.3 is 0 Å². The Hall–Kier alpha value is -3.48. The van der Waals surface area contributed by atoms with Gasteiger partial charge in [0.1, 0.15) is 11.2 Å². The first-order valence-corrected chi connectivity index (χ1v) is 8.03. The number of anilines is 2. The third kappa shape index (κ3) is 3.32. The molecule has 0 spiro atoms. The van der Waals surface area contributed by atoms with E-state index in [1.165, 1.54) is 17.5 Å². The maximum Gasteiger partial charge on any atom is 0.270 e. The fourth-order valence-corrected chi connectivity index (χ4v) is 2.62. The molecule has 2 aromatic heterocycles. The van der Waals surface area contributed by atoms with Crippen LogP contribution in [0.15, 0.2) is 47.5 Å². The van der Waals surface area contributed by atoms with Gasteiger partial charge in [-0.1, -0.05) is 12.1 Å². The second kappa shape index (κ2) is 6.79. The summed E-state index contributed by atoms with van der Waals surface area (Å²) in [5, 5.41) is 5.42. The average Bonchev–Trinajstić information content (AvgIpc) is 2.59. The van der Waals surface area contributed by atoms with Crippen molar-refractivity contribution in [3.8, 4) is 0 Å². The summed E-state index contributed by atoms with van der Waals surface area (Å²) in [6, 6.07) is 8.72. The van der Waals surface area contributed by atoms with Crippen LogP contribution in [0.5, 0.6) is 0 Å². The van der Waals surface area contributed by atoms with Gasteiger partial charge in [0.25, 0.3) is 11.5 Å². The Morgan fingerprint density at radius 2 is 1.73 bits per heavy atom. The fraction of sp³-hybridized carbons (Fsp3) is 0.158. The zero-order valence-corrected chi connectivity index (χ0v) is 14.7. The lowest BCUT2D eigenvalue weighted by Gasteiger charge is -2.12. The summed E-state index contributed by atoms with van der Waals surface area (Å²) in [5.41, 5.74) is 2.66. The number of hydrogen-bond acceptors (Lipinski definition) is 4. The summed E-state index contributed by atoms with van der Waals surface area (Å²) in [6.07, 6.45) is 2.92. The molecule has 0 atom stereocenters. The molecule has 0 aliphatic heterocycles. The normalized spacial score (nSPS) is 10.6. The average molecular weight is 350 g/mol. The van der Waals surface area contributed by atoms with Crippen molar-refractivity contribution in [2.24, 2.45) is 0 Å². The number of rotatable bonds is 3. The van der Waals surface area contributed by atoms with Crippen LogP contribution in [0.1, 0.15) is 28.4 Å². The predicted octanol–water partition coefficient (Wildman–Crippen LogP) is 2.52. The molecular formula is C19H18N4O3. The van der Waals surface area contributed by atoms with Gasteiger partial charge in [-0.25, -0.2) is 4.98 Å². The highest BCUT2D eigenvalue weighted by Crippen LogP contribution is 2.23. The van der Waals surface area contributed by atoms with E-state index in [9.17, 15) is 14.4 Å². The Kier molecular flexibility index (Phi) is 4.53. The summed E-state index contributed by atoms with van der Waals surface area (Å²) in [4.78, 5) is 40.6. The Morgan fingerprint density at radius 1 is 1.04 bits per heavy atom. The van der Waals surface area contributed by atoms with Crippen LogP contribution >= 0.6 is 0 Å². The van der Waals surface area contributed by atoms with Crippen LogP contribution in [0.4, 0.5) is 11.4 Å². The minimum atomic E-state index is -0.554. The van der Waals surface area contributed by atoms with Gasteiger partial charge in [-0.2, -0.15) is 0 Å². The number of aryl methyl sites for hydroxylation is 1. The Balaban J connectivity index is 1.96. The zero-order chi connectivity index (χ0) is 18.8. The molecule has 2 amide bonds. The minimum absolute atomic E-state index is 0.0579. The maximum absolute atomic E-state index is 12.6. The Bertz CT molecular complexity index is 1090. The van der Waals surface area contributed by atoms with E-state index in [0.29, 0.717) is 22.6 Å². The molecule has 132 valence electrons. The molecule has 2 heterocycles. The lowest BCUT2D eigenvalue weighted by atomic mass is 10.1. The molecule has 0 bridgehead atoms. The lowest BCUT2D eigenvalue weighted by Crippen LogP contribution is -2.27. The smallest absolute Gasteiger partial charge is 0.270 e. The van der Waals surface area contributed by atoms with E-state index >= 15 is 0 Å². The van der Waals surface area contributed by atoms with Crippen molar-refractivity contribution >= 4 is 28.8 Å². The van der Waals surface area contributed by atoms with E-state index < -0.39 is 11.5 Å². The van der Waals surface area contributed by atoms with Crippen molar-refractivity contribution in [2.45, 2.75) is 20.8 Å². The van der Waals surface area contributed by atoms with E-state index in [-0.39, 0.29) is 11.5 Å². The van der Waals surface area contributed by atoms with Crippen molar-refractivity contribution in [1.82, 2.24) is 9.38 Å². The standard InChI is InChI=1S/C19H18N4O3/c1-11-7-8-17-20-9-14(19(26)23(17)10-11)18(25)22-16-6-4-5-15(12(16)2)21-13(3)24/h4-10H,1-3H3,(H,21,24)(H,22,25). The number of pyridine rings is 1. The molecule has 0 aliphatic carbocycles. The van der Waals surface area contributed by atoms with E-state index in [1.807, 2.05) is 13.0 Å². The van der Waals surface area contributed by atoms with Gasteiger partial charge in [-0.05, 0) is 43.2 Å². The Labute approximate surface area is 149 Å². The first kappa shape index (κ1) is 17.3. The summed E-state index contributed by atoms with van der Waals surface area (Å²) in [6.45, 7) is 5.04. The molecular weight excluding hydrogens is 332 g/mol. The van der Waals surface area contributed by atoms with Gasteiger partial charge in [0, 0.05) is 30.7 Å². The van der Waals surface area contributed by atoms with Crippen LogP contribution in [0.25, 0.3) is 5.65 Å². The van der Waals surface area contributed by atoms with Gasteiger partial charge in [-0.15, -0.1) is 0 Å². The van der Waals surface area contributed by atoms with Crippen molar-refractivity contribution in [3.05, 3.63) is 69.8 Å². The van der Waals surface area contributed by atoms with Crippen LogP contribution in [0.2, 0.25) is 0 Å². The molecule has 0 radical (unpaired) electrons. The Morgan fingerprint density at radius 3 is 2.42 bits per heavy atom. The minimum Gasteiger partial charge on any atom is -0.326 e. The fourth-order valence-electron chi connectivity index (χ4n) is 2.62. The van der Waals surface area contributed by atoms with E-state index in [2.05, 4.69) is 15.6 Å². The molecule has 7 nitrogen and oxygen atoms in total. The third-order valence-electron chi connectivity index (χ3n) is 3.99. The largest absolute Gasteiger partial charge is 0.326 e. The molecule has 0 aliphatic rings. The van der Waals surface area contributed by atoms with Gasteiger partial charge in [0.2, 0.25) is 5.91 Å². The van der Waals surface area contributed by atoms with E-state index in [4.69, 9.17) is 0 Å². The predicted molar refractivity (Wildman–Crippen MR) is 99.6 cm³/mol. The topological polar surface area (TPSA) is 92.6 Å². The molecule has 26 heavy (non-hydrogen) atoms. The number of fused-ring (bicyclic) bond motifs is 1. The maximum atomic E-state index is 12.6. The number of hydrogen-bond donors (Lipinski definition) is 2. The third-order valence-corrected chi connectivity index (χ3v) is 3.99. The lowest BCUT2D eigenvalue weighted by molar-refractivity contribution is -0.114. The van der Waals surface area contributed by atoms with Crippen molar-refractivity contribution in [1.29, 1.82) is 0 Å². The SMILES string of the molecule is CC(=O)Nc1cccc(NC(=O)c2cnc3ccc(C)cn3c2=O)c1C. The molecule has 3 rings (SSSR count). The summed E-state index contributed by atoms with van der Waals surface area (Å²) >= 11 is 0. The van der Waals surface area contributed by atoms with Crippen LogP contribution < -0.4 is 16.2 Å². The number of nitrogens with zero attached hydrogens (tertiary/aromatic N) is 2. The van der Waals surface area contributed by atoms with Crippen molar-refractivity contribution < 1.29 is 9.59 Å². The number of aromatic nitrogens is 2. The first-order chi connectivity index (χ1) is 12.4. The molecule has 2 N–H and O–H groups in total. The first-order valence-electron chi connectivity index (χ1n) is 8.03. The molecule has 7 heteroatoms. The number of amides is 2. The molecule has 3 aromatic rings. The highest BCUT2D eigenvalue weighted by Gasteiger charge is 2.15. The molecule has 0 saturated carbocycles. The van der Waals surface area contributed by atoms with Crippen LogP contribution in [0.3, 0.4) is 0 Å². The zero-order valence-electron chi connectivity index (χ0n) is 14.7. The summed E-state index contributed by atoms with van der Waals surface area (Å²) < 4.78 is 1.35. The highest BCUT2D eigenvalue weighted by atomic mass is 16.2. The van der Waals surface area contributed by atoms with Crippen LogP contribution in [-0.4, -0.2) is 21.2 Å². The van der Waals surface area contributed by atoms with Gasteiger partial charge in [0.15, 0.2) is 0 Å². The number of nitrogens with one attached hydrogen (secondary N) is 2. The van der Waals surface area contributed by atoms with E-state index in [0.717, 1.165) is 5.56 Å². The van der Waals surface area contributed by atoms with Crippen molar-refractivity contribution in [3.63, 3.8) is 0 Å². The molecule has 0 unspecified atom stereocenters. The molecule has 0 saturated heterocycles. The second-order valence-corrected chi connectivity index (χ2v) is 6.03. The van der Waals surface area contributed by atoms with Gasteiger partial charge in [-0.3, -0.25) is 18.8 Å². The molecule has 0 fully saturated rings. The van der Waals surface area contributed by atoms with E-state index in [1.54, 1.807) is 37.4 Å².